The molecule has 5 nitrogen and oxygen atoms in total. The highest BCUT2D eigenvalue weighted by molar-refractivity contribution is 6.30. The molecule has 1 aliphatic heterocycles. The summed E-state index contributed by atoms with van der Waals surface area (Å²) in [5.41, 5.74) is 1.72. The number of amides is 1. The topological polar surface area (TPSA) is 59.6 Å². The Kier molecular flexibility index (Phi) is 5.69. The molecule has 0 radical (unpaired) electrons. The third-order valence-electron chi connectivity index (χ3n) is 3.66. The van der Waals surface area contributed by atoms with E-state index < -0.39 is 0 Å². The third kappa shape index (κ3) is 4.71. The van der Waals surface area contributed by atoms with E-state index in [2.05, 4.69) is 10.6 Å². The minimum atomic E-state index is -0.322. The predicted octanol–water partition coefficient (Wildman–Crippen LogP) is 2.85. The summed E-state index contributed by atoms with van der Waals surface area (Å²) in [7, 11) is 0. The van der Waals surface area contributed by atoms with Crippen molar-refractivity contribution in [2.45, 2.75) is 12.6 Å². The number of nitrogens with one attached hydrogen (secondary N) is 2. The summed E-state index contributed by atoms with van der Waals surface area (Å²) < 4.78 is 11.1. The van der Waals surface area contributed by atoms with Crippen molar-refractivity contribution in [1.29, 1.82) is 0 Å². The molecule has 126 valence electrons. The van der Waals surface area contributed by atoms with Crippen molar-refractivity contribution in [1.82, 2.24) is 5.32 Å². The van der Waals surface area contributed by atoms with E-state index in [1.807, 2.05) is 42.5 Å². The minimum Gasteiger partial charge on any atom is -0.489 e. The van der Waals surface area contributed by atoms with Crippen LogP contribution in [-0.4, -0.2) is 31.7 Å². The number of hydrogen-bond donors (Lipinski definition) is 2. The maximum absolute atomic E-state index is 12.2. The number of ether oxygens (including phenoxy) is 2. The van der Waals surface area contributed by atoms with E-state index in [-0.39, 0.29) is 11.9 Å². The number of hydrogen-bond acceptors (Lipinski definition) is 4. The Hall–Kier alpha value is -2.08. The Morgan fingerprint density at radius 2 is 2.12 bits per heavy atom. The van der Waals surface area contributed by atoms with Crippen molar-refractivity contribution in [3.8, 4) is 5.75 Å². The number of carbonyl (C=O) groups excluding carboxylic acids is 1. The zero-order valence-corrected chi connectivity index (χ0v) is 13.9. The van der Waals surface area contributed by atoms with Crippen molar-refractivity contribution < 1.29 is 14.3 Å². The van der Waals surface area contributed by atoms with Crippen molar-refractivity contribution >= 4 is 23.2 Å². The summed E-state index contributed by atoms with van der Waals surface area (Å²) in [6, 6.07) is 14.5. The Labute approximate surface area is 145 Å². The Bertz CT molecular complexity index is 685. The van der Waals surface area contributed by atoms with Crippen LogP contribution in [0.2, 0.25) is 5.02 Å². The highest BCUT2D eigenvalue weighted by Crippen LogP contribution is 2.19. The molecule has 0 spiro atoms. The summed E-state index contributed by atoms with van der Waals surface area (Å²) in [6.45, 7) is 2.14. The van der Waals surface area contributed by atoms with Crippen LogP contribution in [0.4, 0.5) is 5.69 Å². The second kappa shape index (κ2) is 8.15. The monoisotopic (exact) mass is 346 g/mol. The molecule has 1 unspecified atom stereocenters. The molecule has 1 saturated heterocycles. The summed E-state index contributed by atoms with van der Waals surface area (Å²) in [5.74, 6) is 0.583. The molecular formula is C18H19ClN2O3. The maximum Gasteiger partial charge on any atom is 0.243 e. The highest BCUT2D eigenvalue weighted by Gasteiger charge is 2.21. The second-order valence-corrected chi connectivity index (χ2v) is 5.95. The molecule has 1 fully saturated rings. The molecule has 2 N–H and O–H groups in total. The first-order chi connectivity index (χ1) is 11.7. The summed E-state index contributed by atoms with van der Waals surface area (Å²) >= 11 is 5.87. The molecule has 3 rings (SSSR count). The van der Waals surface area contributed by atoms with Gasteiger partial charge in [-0.2, -0.15) is 0 Å². The number of benzene rings is 2. The summed E-state index contributed by atoms with van der Waals surface area (Å²) in [4.78, 5) is 12.2. The summed E-state index contributed by atoms with van der Waals surface area (Å²) in [6.07, 6.45) is 0. The quantitative estimate of drug-likeness (QED) is 0.874. The van der Waals surface area contributed by atoms with E-state index in [0.29, 0.717) is 42.8 Å². The van der Waals surface area contributed by atoms with E-state index in [4.69, 9.17) is 21.1 Å². The van der Waals surface area contributed by atoms with E-state index in [1.54, 1.807) is 6.07 Å². The van der Waals surface area contributed by atoms with Crippen LogP contribution in [0, 0.1) is 0 Å². The first-order valence-corrected chi connectivity index (χ1v) is 8.18. The van der Waals surface area contributed by atoms with Gasteiger partial charge in [0.2, 0.25) is 5.91 Å². The number of carbonyl (C=O) groups is 1. The number of rotatable bonds is 5. The molecule has 1 atom stereocenters. The van der Waals surface area contributed by atoms with Crippen LogP contribution >= 0.6 is 11.6 Å². The zero-order chi connectivity index (χ0) is 16.8. The van der Waals surface area contributed by atoms with Crippen molar-refractivity contribution in [3.63, 3.8) is 0 Å². The molecule has 0 bridgehead atoms. The highest BCUT2D eigenvalue weighted by atomic mass is 35.5. The number of halogens is 1. The molecule has 1 heterocycles. The van der Waals surface area contributed by atoms with Gasteiger partial charge in [0.05, 0.1) is 13.2 Å². The van der Waals surface area contributed by atoms with Gasteiger partial charge in [-0.05, 0) is 29.8 Å². The molecule has 1 aliphatic rings. The van der Waals surface area contributed by atoms with Gasteiger partial charge in [0, 0.05) is 23.3 Å². The van der Waals surface area contributed by atoms with Gasteiger partial charge in [-0.1, -0.05) is 29.8 Å². The van der Waals surface area contributed by atoms with E-state index in [0.717, 1.165) is 5.56 Å². The van der Waals surface area contributed by atoms with Crippen LogP contribution in [0.25, 0.3) is 0 Å². The molecule has 24 heavy (non-hydrogen) atoms. The lowest BCUT2D eigenvalue weighted by atomic mass is 10.2. The van der Waals surface area contributed by atoms with Crippen LogP contribution in [-0.2, 0) is 16.1 Å². The largest absolute Gasteiger partial charge is 0.489 e. The molecule has 0 aliphatic carbocycles. The van der Waals surface area contributed by atoms with Crippen molar-refractivity contribution in [2.24, 2.45) is 0 Å². The van der Waals surface area contributed by atoms with Gasteiger partial charge in [-0.25, -0.2) is 0 Å². The normalized spacial score (nSPS) is 17.3. The third-order valence-corrected chi connectivity index (χ3v) is 3.91. The zero-order valence-electron chi connectivity index (χ0n) is 13.1. The Morgan fingerprint density at radius 3 is 2.88 bits per heavy atom. The first kappa shape index (κ1) is 16.8. The molecule has 2 aromatic rings. The van der Waals surface area contributed by atoms with Crippen LogP contribution in [0.3, 0.4) is 0 Å². The lowest BCUT2D eigenvalue weighted by molar-refractivity contribution is -0.120. The van der Waals surface area contributed by atoms with Gasteiger partial charge in [-0.3, -0.25) is 4.79 Å². The van der Waals surface area contributed by atoms with Gasteiger partial charge < -0.3 is 20.1 Å². The molecule has 2 aromatic carbocycles. The minimum absolute atomic E-state index is 0.107. The van der Waals surface area contributed by atoms with Crippen LogP contribution in [0.15, 0.2) is 48.5 Å². The predicted molar refractivity (Wildman–Crippen MR) is 93.5 cm³/mol. The number of morpholine rings is 1. The average molecular weight is 347 g/mol. The Morgan fingerprint density at radius 1 is 1.29 bits per heavy atom. The lowest BCUT2D eigenvalue weighted by Crippen LogP contribution is -2.48. The number of anilines is 1. The smallest absolute Gasteiger partial charge is 0.243 e. The van der Waals surface area contributed by atoms with Gasteiger partial charge in [0.15, 0.2) is 0 Å². The van der Waals surface area contributed by atoms with E-state index in [9.17, 15) is 4.79 Å². The molecule has 6 heteroatoms. The Balaban J connectivity index is 1.57. The molecule has 1 amide bonds. The van der Waals surface area contributed by atoms with Gasteiger partial charge in [-0.15, -0.1) is 0 Å². The summed E-state index contributed by atoms with van der Waals surface area (Å²) in [5, 5.41) is 6.70. The fraction of sp³-hybridized carbons (Fsp3) is 0.278. The van der Waals surface area contributed by atoms with Gasteiger partial charge >= 0.3 is 0 Å². The van der Waals surface area contributed by atoms with E-state index >= 15 is 0 Å². The standard InChI is InChI=1S/C18H19ClN2O3/c19-14-6-4-13(5-7-14)11-24-16-3-1-2-15(10-16)21-18(22)17-12-23-9-8-20-17/h1-7,10,17,20H,8-9,11-12H2,(H,21,22). The van der Waals surface area contributed by atoms with E-state index in [1.165, 1.54) is 0 Å². The molecule has 0 aromatic heterocycles. The fourth-order valence-electron chi connectivity index (χ4n) is 2.37. The average Bonchev–Trinajstić information content (AvgIpc) is 2.62. The van der Waals surface area contributed by atoms with Crippen LogP contribution in [0.5, 0.6) is 5.75 Å². The molecular weight excluding hydrogens is 328 g/mol. The maximum atomic E-state index is 12.2. The van der Waals surface area contributed by atoms with Crippen molar-refractivity contribution in [3.05, 3.63) is 59.1 Å². The molecule has 0 saturated carbocycles. The fourth-order valence-corrected chi connectivity index (χ4v) is 2.50. The first-order valence-electron chi connectivity index (χ1n) is 7.80. The second-order valence-electron chi connectivity index (χ2n) is 5.51. The van der Waals surface area contributed by atoms with Crippen LogP contribution in [0.1, 0.15) is 5.56 Å². The SMILES string of the molecule is O=C(Nc1cccc(OCc2ccc(Cl)cc2)c1)C1COCCN1. The van der Waals surface area contributed by atoms with Gasteiger partial charge in [0.1, 0.15) is 18.4 Å². The van der Waals surface area contributed by atoms with Crippen molar-refractivity contribution in [2.75, 3.05) is 25.1 Å². The lowest BCUT2D eigenvalue weighted by Gasteiger charge is -2.23. The van der Waals surface area contributed by atoms with Gasteiger partial charge in [0.25, 0.3) is 0 Å². The van der Waals surface area contributed by atoms with Crippen LogP contribution < -0.4 is 15.4 Å².